The lowest BCUT2D eigenvalue weighted by molar-refractivity contribution is 0.0197. The minimum absolute atomic E-state index is 0.0181. The zero-order chi connectivity index (χ0) is 18.1. The summed E-state index contributed by atoms with van der Waals surface area (Å²) in [7, 11) is 0. The van der Waals surface area contributed by atoms with E-state index >= 15 is 0 Å². The van der Waals surface area contributed by atoms with Gasteiger partial charge in [0.1, 0.15) is 17.2 Å². The average molecular weight is 343 g/mol. The summed E-state index contributed by atoms with van der Waals surface area (Å²) in [6, 6.07) is 1.36. The van der Waals surface area contributed by atoms with Crippen LogP contribution < -0.4 is 10.6 Å². The molecule has 1 aromatic rings. The first-order valence-electron chi connectivity index (χ1n) is 7.72. The maximum atomic E-state index is 14.1. The van der Waals surface area contributed by atoms with Crippen LogP contribution in [0.5, 0.6) is 0 Å². The molecule has 1 fully saturated rings. The highest BCUT2D eigenvalue weighted by Gasteiger charge is 2.33. The van der Waals surface area contributed by atoms with Crippen molar-refractivity contribution in [3.05, 3.63) is 23.8 Å². The number of piperazine rings is 1. The third-order valence-corrected chi connectivity index (χ3v) is 3.72. The number of ether oxygens (including phenoxy) is 1. The molecular formula is C16H23F2N3O3. The molecule has 0 aliphatic carbocycles. The summed E-state index contributed by atoms with van der Waals surface area (Å²) in [6.45, 7) is 5.63. The molecule has 8 heteroatoms. The highest BCUT2D eigenvalue weighted by atomic mass is 19.1. The second kappa shape index (κ2) is 6.80. The molecule has 2 rings (SSSR count). The summed E-state index contributed by atoms with van der Waals surface area (Å²) in [5.41, 5.74) is 4.47. The number of halogens is 2. The molecule has 1 heterocycles. The van der Waals surface area contributed by atoms with Crippen molar-refractivity contribution in [2.45, 2.75) is 32.4 Å². The quantitative estimate of drug-likeness (QED) is 0.803. The molecule has 0 radical (unpaired) electrons. The van der Waals surface area contributed by atoms with Crippen molar-refractivity contribution >= 4 is 17.5 Å². The van der Waals surface area contributed by atoms with Crippen LogP contribution >= 0.6 is 0 Å². The number of nitrogens with two attached hydrogens (primary N) is 1. The number of amides is 1. The first kappa shape index (κ1) is 18.3. The Kier molecular flexibility index (Phi) is 5.17. The molecule has 1 aromatic carbocycles. The predicted octanol–water partition coefficient (Wildman–Crippen LogP) is 1.97. The number of nitrogens with zero attached hydrogens (tertiary/aromatic N) is 2. The fraction of sp³-hybridized carbons (Fsp3) is 0.562. The van der Waals surface area contributed by atoms with E-state index in [2.05, 4.69) is 0 Å². The van der Waals surface area contributed by atoms with Crippen LogP contribution in [-0.4, -0.2) is 54.0 Å². The topological polar surface area (TPSA) is 79.0 Å². The summed E-state index contributed by atoms with van der Waals surface area (Å²) in [5, 5.41) is 9.61. The number of aliphatic hydroxyl groups is 1. The number of hydrogen-bond donors (Lipinski definition) is 2. The normalized spacial score (nSPS) is 18.7. The third kappa shape index (κ3) is 4.05. The molecule has 3 N–H and O–H groups in total. The number of aliphatic hydroxyl groups excluding tert-OH is 1. The van der Waals surface area contributed by atoms with E-state index in [1.807, 2.05) is 0 Å². The van der Waals surface area contributed by atoms with Crippen molar-refractivity contribution in [3.63, 3.8) is 0 Å². The Hall–Kier alpha value is -2.09. The minimum atomic E-state index is -0.724. The molecule has 0 spiro atoms. The molecule has 1 saturated heterocycles. The van der Waals surface area contributed by atoms with Gasteiger partial charge in [-0.2, -0.15) is 0 Å². The number of carbonyl (C=O) groups is 1. The highest BCUT2D eigenvalue weighted by Crippen LogP contribution is 2.28. The second-order valence-electron chi connectivity index (χ2n) is 6.78. The molecule has 6 nitrogen and oxygen atoms in total. The molecule has 1 aliphatic rings. The van der Waals surface area contributed by atoms with Gasteiger partial charge in [-0.15, -0.1) is 0 Å². The van der Waals surface area contributed by atoms with Gasteiger partial charge in [-0.1, -0.05) is 0 Å². The van der Waals surface area contributed by atoms with Crippen LogP contribution in [0, 0.1) is 11.6 Å². The van der Waals surface area contributed by atoms with Crippen molar-refractivity contribution < 1.29 is 23.4 Å². The Morgan fingerprint density at radius 3 is 2.58 bits per heavy atom. The Bertz CT molecular complexity index is 619. The summed E-state index contributed by atoms with van der Waals surface area (Å²) < 4.78 is 33.1. The lowest BCUT2D eigenvalue weighted by Gasteiger charge is -2.42. The number of anilines is 2. The van der Waals surface area contributed by atoms with Gasteiger partial charge in [-0.3, -0.25) is 0 Å². The van der Waals surface area contributed by atoms with Gasteiger partial charge in [0, 0.05) is 31.8 Å². The van der Waals surface area contributed by atoms with E-state index < -0.39 is 29.4 Å². The average Bonchev–Trinajstić information content (AvgIpc) is 2.48. The van der Waals surface area contributed by atoms with Crippen LogP contribution in [-0.2, 0) is 4.74 Å². The van der Waals surface area contributed by atoms with Gasteiger partial charge in [0.2, 0.25) is 0 Å². The zero-order valence-corrected chi connectivity index (χ0v) is 14.1. The monoisotopic (exact) mass is 343 g/mol. The molecule has 1 atom stereocenters. The number of hydrogen-bond acceptors (Lipinski definition) is 5. The van der Waals surface area contributed by atoms with Crippen molar-refractivity contribution in [3.8, 4) is 0 Å². The van der Waals surface area contributed by atoms with Gasteiger partial charge >= 0.3 is 6.09 Å². The fourth-order valence-electron chi connectivity index (χ4n) is 2.59. The number of nitrogen functional groups attached to an aromatic ring is 1. The molecule has 1 aliphatic heterocycles. The zero-order valence-electron chi connectivity index (χ0n) is 14.1. The maximum Gasteiger partial charge on any atom is 0.410 e. The summed E-state index contributed by atoms with van der Waals surface area (Å²) >= 11 is 0. The third-order valence-electron chi connectivity index (χ3n) is 3.72. The SMILES string of the molecule is CC(C)(C)OC(=O)N1CCN(c2cc(F)c(N)cc2F)C(CO)C1. The molecule has 0 saturated carbocycles. The Morgan fingerprint density at radius 2 is 2.00 bits per heavy atom. The van der Waals surface area contributed by atoms with Crippen molar-refractivity contribution in [2.24, 2.45) is 0 Å². The predicted molar refractivity (Wildman–Crippen MR) is 86.8 cm³/mol. The van der Waals surface area contributed by atoms with Crippen LogP contribution in [0.15, 0.2) is 12.1 Å². The lowest BCUT2D eigenvalue weighted by Crippen LogP contribution is -2.57. The van der Waals surface area contributed by atoms with Crippen LogP contribution in [0.2, 0.25) is 0 Å². The summed E-state index contributed by atoms with van der Waals surface area (Å²) in [5.74, 6) is -1.39. The molecule has 1 amide bonds. The fourth-order valence-corrected chi connectivity index (χ4v) is 2.59. The van der Waals surface area contributed by atoms with E-state index in [1.54, 1.807) is 25.7 Å². The lowest BCUT2D eigenvalue weighted by atomic mass is 10.1. The standard InChI is InChI=1S/C16H23F2N3O3/c1-16(2,3)24-15(23)20-4-5-21(10(8-20)9-22)14-7-11(17)13(19)6-12(14)18/h6-7,10,22H,4-5,8-9,19H2,1-3H3. The minimum Gasteiger partial charge on any atom is -0.444 e. The Balaban J connectivity index is 2.16. The largest absolute Gasteiger partial charge is 0.444 e. The van der Waals surface area contributed by atoms with Gasteiger partial charge in [-0.05, 0) is 20.8 Å². The molecule has 134 valence electrons. The second-order valence-corrected chi connectivity index (χ2v) is 6.78. The Morgan fingerprint density at radius 1 is 1.33 bits per heavy atom. The van der Waals surface area contributed by atoms with Crippen molar-refractivity contribution in [1.29, 1.82) is 0 Å². The van der Waals surface area contributed by atoms with E-state index in [1.165, 1.54) is 4.90 Å². The first-order valence-corrected chi connectivity index (χ1v) is 7.72. The van der Waals surface area contributed by atoms with Crippen molar-refractivity contribution in [2.75, 3.05) is 36.9 Å². The van der Waals surface area contributed by atoms with E-state index in [-0.39, 0.29) is 37.6 Å². The maximum absolute atomic E-state index is 14.1. The highest BCUT2D eigenvalue weighted by molar-refractivity contribution is 5.69. The van der Waals surface area contributed by atoms with E-state index in [9.17, 15) is 18.7 Å². The summed E-state index contributed by atoms with van der Waals surface area (Å²) in [4.78, 5) is 15.1. The van der Waals surface area contributed by atoms with Gasteiger partial charge < -0.3 is 25.4 Å². The number of benzene rings is 1. The first-order chi connectivity index (χ1) is 11.1. The Labute approximate surface area is 139 Å². The summed E-state index contributed by atoms with van der Waals surface area (Å²) in [6.07, 6.45) is -0.496. The van der Waals surface area contributed by atoms with Crippen LogP contribution in [0.25, 0.3) is 0 Å². The van der Waals surface area contributed by atoms with E-state index in [0.29, 0.717) is 0 Å². The van der Waals surface area contributed by atoms with Gasteiger partial charge in [0.25, 0.3) is 0 Å². The number of rotatable bonds is 2. The molecule has 0 bridgehead atoms. The smallest absolute Gasteiger partial charge is 0.410 e. The van der Waals surface area contributed by atoms with Gasteiger partial charge in [0.15, 0.2) is 0 Å². The molecule has 1 unspecified atom stereocenters. The van der Waals surface area contributed by atoms with Crippen LogP contribution in [0.3, 0.4) is 0 Å². The van der Waals surface area contributed by atoms with Gasteiger partial charge in [-0.25, -0.2) is 13.6 Å². The molecule has 24 heavy (non-hydrogen) atoms. The number of carbonyl (C=O) groups excluding carboxylic acids is 1. The molecule has 0 aromatic heterocycles. The van der Waals surface area contributed by atoms with Crippen LogP contribution in [0.1, 0.15) is 20.8 Å². The van der Waals surface area contributed by atoms with E-state index in [4.69, 9.17) is 10.5 Å². The van der Waals surface area contributed by atoms with Crippen molar-refractivity contribution in [1.82, 2.24) is 4.90 Å². The van der Waals surface area contributed by atoms with Gasteiger partial charge in [0.05, 0.1) is 24.0 Å². The van der Waals surface area contributed by atoms with E-state index in [0.717, 1.165) is 12.1 Å². The molecular weight excluding hydrogens is 320 g/mol. The van der Waals surface area contributed by atoms with Crippen LogP contribution in [0.4, 0.5) is 25.0 Å².